The molecule has 0 saturated carbocycles. The van der Waals surface area contributed by atoms with Gasteiger partial charge in [0.2, 0.25) is 5.88 Å². The highest BCUT2D eigenvalue weighted by molar-refractivity contribution is 7.22. The van der Waals surface area contributed by atoms with E-state index >= 15 is 0 Å². The highest BCUT2D eigenvalue weighted by Crippen LogP contribution is 2.31. The lowest BCUT2D eigenvalue weighted by molar-refractivity contribution is 0.202. The number of aliphatic imine (C=N–C) groups is 1. The van der Waals surface area contributed by atoms with Crippen LogP contribution >= 0.6 is 11.3 Å². The minimum atomic E-state index is -0.549. The lowest BCUT2D eigenvalue weighted by Gasteiger charge is -2.18. The third kappa shape index (κ3) is 5.04. The zero-order valence-electron chi connectivity index (χ0n) is 17.3. The Labute approximate surface area is 189 Å². The summed E-state index contributed by atoms with van der Waals surface area (Å²) in [6.45, 7) is 3.61. The Bertz CT molecular complexity index is 1200. The number of allylic oxidation sites excluding steroid dienone is 2. The lowest BCUT2D eigenvalue weighted by Crippen LogP contribution is -2.16. The van der Waals surface area contributed by atoms with E-state index in [9.17, 15) is 9.50 Å². The van der Waals surface area contributed by atoms with E-state index in [4.69, 9.17) is 10.5 Å². The van der Waals surface area contributed by atoms with Crippen LogP contribution in [0.15, 0.2) is 83.3 Å². The first-order valence-electron chi connectivity index (χ1n) is 10.2. The molecule has 4 N–H and O–H groups in total. The van der Waals surface area contributed by atoms with Crippen molar-refractivity contribution in [2.75, 3.05) is 5.32 Å². The first kappa shape index (κ1) is 21.7. The molecule has 0 radical (unpaired) electrons. The molecule has 1 aliphatic rings. The van der Waals surface area contributed by atoms with Gasteiger partial charge in [-0.2, -0.15) is 0 Å². The summed E-state index contributed by atoms with van der Waals surface area (Å²) in [7, 11) is 0. The Balaban J connectivity index is 1.57. The van der Waals surface area contributed by atoms with Crippen molar-refractivity contribution in [3.8, 4) is 5.75 Å². The molecule has 0 aliphatic heterocycles. The van der Waals surface area contributed by atoms with Crippen LogP contribution in [0.5, 0.6) is 5.75 Å². The van der Waals surface area contributed by atoms with Gasteiger partial charge in [-0.1, -0.05) is 42.2 Å². The molecule has 1 aromatic heterocycles. The second kappa shape index (κ2) is 9.76. The van der Waals surface area contributed by atoms with Crippen LogP contribution in [0.2, 0.25) is 0 Å². The number of ether oxygens (including phenoxy) is 1. The van der Waals surface area contributed by atoms with Gasteiger partial charge in [-0.3, -0.25) is 0 Å². The number of anilines is 2. The molecule has 6 nitrogen and oxygen atoms in total. The lowest BCUT2D eigenvalue weighted by atomic mass is 9.95. The predicted molar refractivity (Wildman–Crippen MR) is 128 cm³/mol. The van der Waals surface area contributed by atoms with E-state index in [0.717, 1.165) is 22.2 Å². The zero-order chi connectivity index (χ0) is 22.5. The molecule has 1 heterocycles. The molecule has 0 amide bonds. The first-order valence-corrected chi connectivity index (χ1v) is 11.0. The molecule has 2 aromatic carbocycles. The van der Waals surface area contributed by atoms with Crippen LogP contribution in [0, 0.1) is 5.82 Å². The maximum Gasteiger partial charge on any atom is 0.242 e. The number of nitrogens with two attached hydrogens (primary N) is 1. The van der Waals surface area contributed by atoms with Crippen LogP contribution in [-0.2, 0) is 0 Å². The molecule has 0 fully saturated rings. The Kier molecular flexibility index (Phi) is 6.63. The summed E-state index contributed by atoms with van der Waals surface area (Å²) in [4.78, 5) is 8.67. The molecule has 1 aliphatic carbocycles. The van der Waals surface area contributed by atoms with Gasteiger partial charge in [0.1, 0.15) is 11.6 Å². The van der Waals surface area contributed by atoms with Gasteiger partial charge in [0.15, 0.2) is 5.13 Å². The Morgan fingerprint density at radius 3 is 2.94 bits per heavy atom. The molecule has 8 heteroatoms. The van der Waals surface area contributed by atoms with Crippen LogP contribution in [-0.4, -0.2) is 22.4 Å². The van der Waals surface area contributed by atoms with E-state index in [1.807, 2.05) is 24.3 Å². The number of halogens is 1. The van der Waals surface area contributed by atoms with E-state index in [0.29, 0.717) is 23.7 Å². The number of hydrogen-bond acceptors (Lipinski definition) is 7. The number of para-hydroxylation sites is 1. The SMILES string of the molecule is C=CC=N/C(Oc1ccc(Nc2nc3ccccc3s2)c(F)c1)=C(\N)C1=C[C@H](O)CCC1. The third-order valence-corrected chi connectivity index (χ3v) is 5.86. The molecule has 4 rings (SSSR count). The number of aliphatic hydroxyl groups is 1. The van der Waals surface area contributed by atoms with E-state index in [2.05, 4.69) is 21.9 Å². The normalized spacial score (nSPS) is 17.2. The molecular formula is C24H23FN4O2S. The van der Waals surface area contributed by atoms with E-state index in [1.54, 1.807) is 18.2 Å². The van der Waals surface area contributed by atoms with Crippen molar-refractivity contribution < 1.29 is 14.2 Å². The number of aromatic nitrogens is 1. The van der Waals surface area contributed by atoms with Crippen LogP contribution in [0.4, 0.5) is 15.2 Å². The van der Waals surface area contributed by atoms with Gasteiger partial charge in [0, 0.05) is 12.3 Å². The van der Waals surface area contributed by atoms with Gasteiger partial charge in [-0.25, -0.2) is 14.4 Å². The van der Waals surface area contributed by atoms with E-state index in [-0.39, 0.29) is 17.3 Å². The minimum Gasteiger partial charge on any atom is -0.437 e. The van der Waals surface area contributed by atoms with Crippen molar-refractivity contribution >= 4 is 38.6 Å². The van der Waals surface area contributed by atoms with Crippen molar-refractivity contribution in [2.45, 2.75) is 25.4 Å². The molecule has 1 atom stereocenters. The second-order valence-electron chi connectivity index (χ2n) is 7.24. The zero-order valence-corrected chi connectivity index (χ0v) is 18.1. The average molecular weight is 451 g/mol. The molecule has 0 bridgehead atoms. The van der Waals surface area contributed by atoms with Gasteiger partial charge < -0.3 is 20.9 Å². The van der Waals surface area contributed by atoms with Gasteiger partial charge in [0.25, 0.3) is 0 Å². The fraction of sp³-hybridized carbons (Fsp3) is 0.167. The van der Waals surface area contributed by atoms with Crippen molar-refractivity contribution in [1.29, 1.82) is 0 Å². The smallest absolute Gasteiger partial charge is 0.242 e. The van der Waals surface area contributed by atoms with E-state index in [1.165, 1.54) is 29.7 Å². The number of nitrogens with zero attached hydrogens (tertiary/aromatic N) is 2. The van der Waals surface area contributed by atoms with Gasteiger partial charge in [-0.15, -0.1) is 0 Å². The number of rotatable bonds is 7. The fourth-order valence-corrected chi connectivity index (χ4v) is 4.22. The summed E-state index contributed by atoms with van der Waals surface area (Å²) in [6.07, 6.45) is 6.31. The quantitative estimate of drug-likeness (QED) is 0.330. The fourth-order valence-electron chi connectivity index (χ4n) is 3.35. The summed E-state index contributed by atoms with van der Waals surface area (Å²) in [5.74, 6) is -0.135. The summed E-state index contributed by atoms with van der Waals surface area (Å²) >= 11 is 1.45. The third-order valence-electron chi connectivity index (χ3n) is 4.90. The standard InChI is InChI=1S/C24H23FN4O2S/c1-2-12-27-23(22(26)15-6-5-7-16(30)13-15)31-17-10-11-19(18(25)14-17)28-24-29-20-8-3-4-9-21(20)32-24/h2-4,8-14,16,30H,1,5-7,26H2,(H,28,29)/b23-22+,27-12?/t16-/m1/s1. The highest BCUT2D eigenvalue weighted by atomic mass is 32.1. The molecule has 32 heavy (non-hydrogen) atoms. The summed E-state index contributed by atoms with van der Waals surface area (Å²) in [6, 6.07) is 12.2. The molecular weight excluding hydrogens is 427 g/mol. The summed E-state index contributed by atoms with van der Waals surface area (Å²) < 4.78 is 21.6. The topological polar surface area (TPSA) is 92.8 Å². The van der Waals surface area contributed by atoms with Crippen molar-refractivity contribution in [2.24, 2.45) is 10.7 Å². The van der Waals surface area contributed by atoms with Crippen molar-refractivity contribution in [3.63, 3.8) is 0 Å². The highest BCUT2D eigenvalue weighted by Gasteiger charge is 2.17. The molecule has 164 valence electrons. The van der Waals surface area contributed by atoms with Crippen molar-refractivity contribution in [1.82, 2.24) is 4.98 Å². The Hall–Kier alpha value is -3.49. The summed E-state index contributed by atoms with van der Waals surface area (Å²) in [5, 5.41) is 13.5. The van der Waals surface area contributed by atoms with Crippen LogP contribution in [0.25, 0.3) is 10.2 Å². The molecule has 0 spiro atoms. The number of thiazole rings is 1. The van der Waals surface area contributed by atoms with Crippen LogP contribution in [0.3, 0.4) is 0 Å². The van der Waals surface area contributed by atoms with E-state index < -0.39 is 11.9 Å². The van der Waals surface area contributed by atoms with Gasteiger partial charge >= 0.3 is 0 Å². The minimum absolute atomic E-state index is 0.122. The molecule has 0 unspecified atom stereocenters. The number of hydrogen-bond donors (Lipinski definition) is 3. The van der Waals surface area contributed by atoms with Crippen LogP contribution in [0.1, 0.15) is 19.3 Å². The summed E-state index contributed by atoms with van der Waals surface area (Å²) in [5.41, 5.74) is 8.46. The number of fused-ring (bicyclic) bond motifs is 1. The number of nitrogens with one attached hydrogen (secondary N) is 1. The molecule has 0 saturated heterocycles. The second-order valence-corrected chi connectivity index (χ2v) is 8.27. The number of aliphatic hydroxyl groups excluding tert-OH is 1. The maximum absolute atomic E-state index is 14.8. The molecule has 3 aromatic rings. The monoisotopic (exact) mass is 450 g/mol. The van der Waals surface area contributed by atoms with Gasteiger partial charge in [-0.05, 0) is 49.1 Å². The number of benzene rings is 2. The first-order chi connectivity index (χ1) is 15.5. The van der Waals surface area contributed by atoms with Crippen LogP contribution < -0.4 is 15.8 Å². The average Bonchev–Trinajstić information content (AvgIpc) is 3.20. The van der Waals surface area contributed by atoms with Crippen molar-refractivity contribution in [3.05, 3.63) is 84.2 Å². The van der Waals surface area contributed by atoms with Gasteiger partial charge in [0.05, 0.1) is 27.7 Å². The predicted octanol–water partition coefficient (Wildman–Crippen LogP) is 5.41. The maximum atomic E-state index is 14.8. The Morgan fingerprint density at radius 1 is 1.34 bits per heavy atom. The Morgan fingerprint density at radius 2 is 2.19 bits per heavy atom. The largest absolute Gasteiger partial charge is 0.437 e.